The number of urea groups is 1. The SMILES string of the molecule is CCCCC(NC(=O)[C@@H]1CCCN1COC[C@@H](NC(N)=O)C(C)(C)C)C(=O)C(C)=O. The summed E-state index contributed by atoms with van der Waals surface area (Å²) in [5.41, 5.74) is 5.01. The highest BCUT2D eigenvalue weighted by Gasteiger charge is 2.34. The molecule has 30 heavy (non-hydrogen) atoms. The zero-order chi connectivity index (χ0) is 22.9. The molecule has 3 amide bonds. The van der Waals surface area contributed by atoms with Gasteiger partial charge in [0.25, 0.3) is 0 Å². The van der Waals surface area contributed by atoms with Gasteiger partial charge < -0.3 is 21.1 Å². The number of primary amides is 1. The first-order valence-corrected chi connectivity index (χ1v) is 10.7. The van der Waals surface area contributed by atoms with Gasteiger partial charge in [-0.1, -0.05) is 40.5 Å². The maximum atomic E-state index is 12.8. The third-order valence-electron chi connectivity index (χ3n) is 5.40. The van der Waals surface area contributed by atoms with Gasteiger partial charge in [0.2, 0.25) is 11.7 Å². The van der Waals surface area contributed by atoms with Crippen LogP contribution in [0.15, 0.2) is 0 Å². The second kappa shape index (κ2) is 12.0. The molecule has 0 aliphatic carbocycles. The highest BCUT2D eigenvalue weighted by atomic mass is 16.5. The summed E-state index contributed by atoms with van der Waals surface area (Å²) in [5.74, 6) is -1.35. The summed E-state index contributed by atoms with van der Waals surface area (Å²) in [5, 5.41) is 5.47. The zero-order valence-corrected chi connectivity index (χ0v) is 19.0. The van der Waals surface area contributed by atoms with Crippen molar-refractivity contribution in [3.63, 3.8) is 0 Å². The lowest BCUT2D eigenvalue weighted by molar-refractivity contribution is -0.138. The van der Waals surface area contributed by atoms with Gasteiger partial charge in [0.15, 0.2) is 5.78 Å². The first kappa shape index (κ1) is 26.0. The fourth-order valence-corrected chi connectivity index (χ4v) is 3.44. The number of nitrogens with one attached hydrogen (secondary N) is 2. The van der Waals surface area contributed by atoms with Gasteiger partial charge in [-0.05, 0) is 24.7 Å². The normalized spacial score (nSPS) is 19.2. The molecule has 0 radical (unpaired) electrons. The van der Waals surface area contributed by atoms with Crippen LogP contribution < -0.4 is 16.4 Å². The first-order valence-electron chi connectivity index (χ1n) is 10.7. The second-order valence-corrected chi connectivity index (χ2v) is 9.02. The Hall–Kier alpha value is -2.00. The number of carbonyl (C=O) groups excluding carboxylic acids is 4. The molecule has 9 nitrogen and oxygen atoms in total. The smallest absolute Gasteiger partial charge is 0.312 e. The van der Waals surface area contributed by atoms with Gasteiger partial charge >= 0.3 is 6.03 Å². The standard InChI is InChI=1S/C21H38N4O5/c1-6-7-9-15(18(27)14(2)26)23-19(28)16-10-8-11-25(16)13-30-12-17(21(3,4)5)24-20(22)29/h15-17H,6-13H2,1-5H3,(H,23,28)(H3,22,24,29)/t15?,16-,17+/m0/s1. The Labute approximate surface area is 179 Å². The third-order valence-corrected chi connectivity index (χ3v) is 5.40. The number of unbranched alkanes of at least 4 members (excludes halogenated alkanes) is 1. The largest absolute Gasteiger partial charge is 0.364 e. The van der Waals surface area contributed by atoms with E-state index in [0.717, 1.165) is 19.3 Å². The summed E-state index contributed by atoms with van der Waals surface area (Å²) in [6.07, 6.45) is 3.57. The maximum Gasteiger partial charge on any atom is 0.312 e. The molecule has 3 atom stereocenters. The number of hydrogen-bond donors (Lipinski definition) is 3. The molecule has 1 saturated heterocycles. The molecule has 0 aromatic carbocycles. The number of nitrogens with two attached hydrogens (primary N) is 1. The summed E-state index contributed by atoms with van der Waals surface area (Å²) >= 11 is 0. The lowest BCUT2D eigenvalue weighted by atomic mass is 9.87. The van der Waals surface area contributed by atoms with Crippen LogP contribution in [-0.4, -0.2) is 66.4 Å². The Balaban J connectivity index is 2.67. The van der Waals surface area contributed by atoms with Gasteiger partial charge in [-0.2, -0.15) is 0 Å². The molecule has 1 aliphatic heterocycles. The van der Waals surface area contributed by atoms with E-state index in [1.807, 2.05) is 32.6 Å². The minimum Gasteiger partial charge on any atom is -0.364 e. The van der Waals surface area contributed by atoms with Crippen molar-refractivity contribution < 1.29 is 23.9 Å². The number of ketones is 2. The molecule has 0 saturated carbocycles. The summed E-state index contributed by atoms with van der Waals surface area (Å²) in [6.45, 7) is 10.3. The van der Waals surface area contributed by atoms with E-state index in [1.165, 1.54) is 6.92 Å². The van der Waals surface area contributed by atoms with Gasteiger partial charge in [0, 0.05) is 13.5 Å². The Morgan fingerprint density at radius 3 is 2.40 bits per heavy atom. The highest BCUT2D eigenvalue weighted by Crippen LogP contribution is 2.21. The van der Waals surface area contributed by atoms with Crippen molar-refractivity contribution in [2.24, 2.45) is 11.1 Å². The van der Waals surface area contributed by atoms with Crippen molar-refractivity contribution in [3.8, 4) is 0 Å². The third kappa shape index (κ3) is 8.39. The Kier molecular flexibility index (Phi) is 10.4. The van der Waals surface area contributed by atoms with Crippen molar-refractivity contribution in [2.75, 3.05) is 19.9 Å². The number of Topliss-reactive ketones (excluding diaryl/α,β-unsaturated/α-hetero) is 2. The molecule has 0 bridgehead atoms. The first-order chi connectivity index (χ1) is 14.0. The minimum absolute atomic E-state index is 0.228. The van der Waals surface area contributed by atoms with E-state index in [0.29, 0.717) is 19.4 Å². The lowest BCUT2D eigenvalue weighted by Gasteiger charge is -2.32. The average Bonchev–Trinajstić information content (AvgIpc) is 3.11. The van der Waals surface area contributed by atoms with E-state index < -0.39 is 29.7 Å². The number of nitrogens with zero attached hydrogens (tertiary/aromatic N) is 1. The fourth-order valence-electron chi connectivity index (χ4n) is 3.44. The van der Waals surface area contributed by atoms with Crippen molar-refractivity contribution >= 4 is 23.5 Å². The van der Waals surface area contributed by atoms with Gasteiger partial charge in [0.05, 0.1) is 31.5 Å². The van der Waals surface area contributed by atoms with E-state index in [4.69, 9.17) is 10.5 Å². The van der Waals surface area contributed by atoms with Crippen molar-refractivity contribution in [1.82, 2.24) is 15.5 Å². The van der Waals surface area contributed by atoms with Crippen LogP contribution in [0.1, 0.15) is 66.7 Å². The predicted octanol–water partition coefficient (Wildman–Crippen LogP) is 1.34. The number of carbonyl (C=O) groups is 4. The summed E-state index contributed by atoms with van der Waals surface area (Å²) in [6, 6.07) is -2.06. The van der Waals surface area contributed by atoms with Crippen LogP contribution in [0.4, 0.5) is 4.79 Å². The number of rotatable bonds is 12. The maximum absolute atomic E-state index is 12.8. The summed E-state index contributed by atoms with van der Waals surface area (Å²) in [4.78, 5) is 49.6. The van der Waals surface area contributed by atoms with E-state index in [9.17, 15) is 19.2 Å². The van der Waals surface area contributed by atoms with Gasteiger partial charge in [0.1, 0.15) is 0 Å². The van der Waals surface area contributed by atoms with Crippen LogP contribution in [0.3, 0.4) is 0 Å². The number of amides is 3. The highest BCUT2D eigenvalue weighted by molar-refractivity contribution is 6.38. The van der Waals surface area contributed by atoms with Crippen molar-refractivity contribution in [3.05, 3.63) is 0 Å². The quantitative estimate of drug-likeness (QED) is 0.404. The Morgan fingerprint density at radius 1 is 1.20 bits per heavy atom. The van der Waals surface area contributed by atoms with Crippen LogP contribution in [0.25, 0.3) is 0 Å². The number of ether oxygens (including phenoxy) is 1. The molecule has 0 aromatic rings. The van der Waals surface area contributed by atoms with E-state index >= 15 is 0 Å². The monoisotopic (exact) mass is 426 g/mol. The van der Waals surface area contributed by atoms with Crippen LogP contribution >= 0.6 is 0 Å². The zero-order valence-electron chi connectivity index (χ0n) is 19.0. The van der Waals surface area contributed by atoms with Crippen molar-refractivity contribution in [2.45, 2.75) is 84.8 Å². The molecule has 1 fully saturated rings. The number of likely N-dealkylation sites (tertiary alicyclic amines) is 1. The van der Waals surface area contributed by atoms with E-state index in [2.05, 4.69) is 10.6 Å². The average molecular weight is 427 g/mol. The van der Waals surface area contributed by atoms with E-state index in [-0.39, 0.29) is 30.7 Å². The van der Waals surface area contributed by atoms with Crippen LogP contribution in [0.5, 0.6) is 0 Å². The molecular formula is C21H38N4O5. The molecule has 4 N–H and O–H groups in total. The molecule has 1 heterocycles. The molecule has 172 valence electrons. The minimum atomic E-state index is -0.775. The molecule has 1 aliphatic rings. The van der Waals surface area contributed by atoms with Gasteiger partial charge in [-0.15, -0.1) is 0 Å². The molecule has 1 unspecified atom stereocenters. The van der Waals surface area contributed by atoms with Crippen molar-refractivity contribution in [1.29, 1.82) is 0 Å². The molecule has 1 rings (SSSR count). The molecule has 9 heteroatoms. The van der Waals surface area contributed by atoms with Gasteiger partial charge in [-0.25, -0.2) is 4.79 Å². The Morgan fingerprint density at radius 2 is 1.87 bits per heavy atom. The second-order valence-electron chi connectivity index (χ2n) is 9.02. The van der Waals surface area contributed by atoms with Crippen LogP contribution in [0.2, 0.25) is 0 Å². The fraction of sp³-hybridized carbons (Fsp3) is 0.810. The van der Waals surface area contributed by atoms with Crippen LogP contribution in [0, 0.1) is 5.41 Å². The number of hydrogen-bond acceptors (Lipinski definition) is 6. The summed E-state index contributed by atoms with van der Waals surface area (Å²) in [7, 11) is 0. The van der Waals surface area contributed by atoms with Gasteiger partial charge in [-0.3, -0.25) is 19.3 Å². The lowest BCUT2D eigenvalue weighted by Crippen LogP contribution is -2.52. The summed E-state index contributed by atoms with van der Waals surface area (Å²) < 4.78 is 5.80. The van der Waals surface area contributed by atoms with E-state index in [1.54, 1.807) is 0 Å². The predicted molar refractivity (Wildman–Crippen MR) is 114 cm³/mol. The molecule has 0 spiro atoms. The molecular weight excluding hydrogens is 388 g/mol. The Bertz CT molecular complexity index is 617. The topological polar surface area (TPSA) is 131 Å². The van der Waals surface area contributed by atoms with Crippen LogP contribution in [-0.2, 0) is 19.1 Å². The molecule has 0 aromatic heterocycles.